The minimum atomic E-state index is -3.67. The number of nitrogens with zero attached hydrogens (tertiary/aromatic N) is 3. The van der Waals surface area contributed by atoms with Gasteiger partial charge in [-0.15, -0.1) is 0 Å². The van der Waals surface area contributed by atoms with Crippen LogP contribution in [0.4, 0.5) is 24.5 Å². The van der Waals surface area contributed by atoms with E-state index in [-0.39, 0.29) is 18.6 Å². The lowest BCUT2D eigenvalue weighted by molar-refractivity contribution is -0.131. The summed E-state index contributed by atoms with van der Waals surface area (Å²) in [5.41, 5.74) is 0.636. The number of carbonyl (C=O) groups excluding carboxylic acids is 2. The molecule has 2 amide bonds. The highest BCUT2D eigenvalue weighted by Crippen LogP contribution is 2.48. The average molecular weight is 618 g/mol. The molecule has 0 bridgehead atoms. The van der Waals surface area contributed by atoms with E-state index in [1.807, 2.05) is 6.92 Å². The molecule has 2 heterocycles. The van der Waals surface area contributed by atoms with Crippen molar-refractivity contribution in [2.75, 3.05) is 16.9 Å². The molecule has 0 radical (unpaired) electrons. The molecule has 226 valence electrons. The van der Waals surface area contributed by atoms with E-state index in [4.69, 9.17) is 9.29 Å². The number of nitrogens with one attached hydrogen (secondary N) is 2. The summed E-state index contributed by atoms with van der Waals surface area (Å²) in [6.07, 6.45) is 4.31. The van der Waals surface area contributed by atoms with Gasteiger partial charge in [0, 0.05) is 48.4 Å². The summed E-state index contributed by atoms with van der Waals surface area (Å²) >= 11 is 0. The van der Waals surface area contributed by atoms with E-state index in [2.05, 4.69) is 20.7 Å². The smallest absolute Gasteiger partial charge is 0.261 e. The van der Waals surface area contributed by atoms with Crippen LogP contribution in [0.1, 0.15) is 18.5 Å². The van der Waals surface area contributed by atoms with Crippen molar-refractivity contribution in [1.82, 2.24) is 14.8 Å². The molecule has 11 nitrogen and oxygen atoms in total. The third kappa shape index (κ3) is 7.75. The molecule has 0 atom stereocenters. The highest BCUT2D eigenvalue weighted by molar-refractivity contribution is 7.85. The lowest BCUT2D eigenvalue weighted by atomic mass is 10.0. The molecule has 43 heavy (non-hydrogen) atoms. The number of ether oxygens (including phenoxy) is 1. The van der Waals surface area contributed by atoms with Crippen molar-refractivity contribution in [3.63, 3.8) is 0 Å². The van der Waals surface area contributed by atoms with Gasteiger partial charge in [-0.1, -0.05) is 0 Å². The Morgan fingerprint density at radius 1 is 1.00 bits per heavy atom. The van der Waals surface area contributed by atoms with Crippen molar-refractivity contribution in [3.05, 3.63) is 84.1 Å². The number of aromatic nitrogens is 3. The van der Waals surface area contributed by atoms with Crippen molar-refractivity contribution in [1.29, 1.82) is 0 Å². The zero-order valence-corrected chi connectivity index (χ0v) is 23.9. The first-order valence-electron chi connectivity index (χ1n) is 12.6. The number of carbonyl (C=O) groups is 2. The van der Waals surface area contributed by atoms with Crippen LogP contribution in [-0.2, 0) is 26.8 Å². The number of pyridine rings is 1. The van der Waals surface area contributed by atoms with Crippen molar-refractivity contribution >= 4 is 33.3 Å². The van der Waals surface area contributed by atoms with Gasteiger partial charge in [0.25, 0.3) is 10.1 Å². The number of amides is 2. The van der Waals surface area contributed by atoms with Crippen LogP contribution in [0.5, 0.6) is 11.5 Å². The molecule has 5 rings (SSSR count). The molecule has 1 aliphatic carbocycles. The van der Waals surface area contributed by atoms with Crippen LogP contribution >= 0.6 is 0 Å². The van der Waals surface area contributed by atoms with E-state index in [1.165, 1.54) is 36.5 Å². The van der Waals surface area contributed by atoms with E-state index in [1.54, 1.807) is 24.0 Å². The number of hydrogen-bond donors (Lipinski definition) is 3. The van der Waals surface area contributed by atoms with E-state index in [9.17, 15) is 31.2 Å². The molecule has 1 saturated carbocycles. The van der Waals surface area contributed by atoms with Gasteiger partial charge in [0.1, 0.15) is 17.0 Å². The normalized spacial score (nSPS) is 13.4. The molecular formula is C28H26F3N5O6S. The second-order valence-corrected chi connectivity index (χ2v) is 11.2. The van der Waals surface area contributed by atoms with Gasteiger partial charge in [0.15, 0.2) is 17.4 Å². The Bertz CT molecular complexity index is 1780. The summed E-state index contributed by atoms with van der Waals surface area (Å²) in [7, 11) is -1.87. The largest absolute Gasteiger partial charge is 0.454 e. The fourth-order valence-electron chi connectivity index (χ4n) is 3.91. The topological polar surface area (TPSA) is 153 Å². The molecule has 0 spiro atoms. The zero-order valence-electron chi connectivity index (χ0n) is 23.1. The first kappa shape index (κ1) is 31.2. The summed E-state index contributed by atoms with van der Waals surface area (Å²) in [6, 6.07) is 9.75. The molecule has 0 saturated heterocycles. The van der Waals surface area contributed by atoms with E-state index in [0.29, 0.717) is 17.6 Å². The Balaban J connectivity index is 0.000000782. The lowest BCUT2D eigenvalue weighted by Crippen LogP contribution is -2.35. The van der Waals surface area contributed by atoms with E-state index in [0.717, 1.165) is 23.4 Å². The Hall–Kier alpha value is -4.76. The van der Waals surface area contributed by atoms with Gasteiger partial charge >= 0.3 is 0 Å². The van der Waals surface area contributed by atoms with Gasteiger partial charge in [0.2, 0.25) is 11.8 Å². The average Bonchev–Trinajstić information content (AvgIpc) is 3.68. The van der Waals surface area contributed by atoms with E-state index >= 15 is 0 Å². The Morgan fingerprint density at radius 2 is 1.63 bits per heavy atom. The van der Waals surface area contributed by atoms with Crippen LogP contribution in [0.15, 0.2) is 60.9 Å². The monoisotopic (exact) mass is 617 g/mol. The number of anilines is 2. The standard InChI is InChI=1S/C27H22F3N5O3.CH4O3S/c1-15-19(14-32-35(15)2)22-11-18(7-10-31-22)38-24-13-20(29)23(12-21(24)30)34-26(37)27(8-9-27)25(36)33-17-5-3-16(28)4-6-17;1-5(2,3)4/h3-7,10-14H,8-9H2,1-2H3,(H,33,36)(H,34,37);1H3,(H,2,3,4). The third-order valence-corrected chi connectivity index (χ3v) is 6.46. The SMILES string of the molecule is CS(=O)(=O)O.Cc1c(-c2cc(Oc3cc(F)c(NC(=O)C4(C(=O)Nc5ccc(F)cc5)CC4)cc3F)ccn2)cnn1C. The molecule has 0 unspecified atom stereocenters. The van der Waals surface area contributed by atoms with Crippen molar-refractivity contribution in [2.45, 2.75) is 19.8 Å². The Morgan fingerprint density at radius 3 is 2.21 bits per heavy atom. The first-order chi connectivity index (χ1) is 20.2. The predicted molar refractivity (Wildman–Crippen MR) is 150 cm³/mol. The maximum Gasteiger partial charge on any atom is 0.261 e. The summed E-state index contributed by atoms with van der Waals surface area (Å²) in [6.45, 7) is 1.87. The van der Waals surface area contributed by atoms with Crippen LogP contribution in [0, 0.1) is 29.8 Å². The van der Waals surface area contributed by atoms with Gasteiger partial charge < -0.3 is 15.4 Å². The van der Waals surface area contributed by atoms with Crippen LogP contribution in [0.3, 0.4) is 0 Å². The van der Waals surface area contributed by atoms with Crippen molar-refractivity contribution in [2.24, 2.45) is 12.5 Å². The third-order valence-electron chi connectivity index (χ3n) is 6.46. The van der Waals surface area contributed by atoms with Crippen LogP contribution in [0.2, 0.25) is 0 Å². The molecule has 15 heteroatoms. The fraction of sp³-hybridized carbons (Fsp3) is 0.214. The fourth-order valence-corrected chi connectivity index (χ4v) is 3.91. The number of rotatable bonds is 7. The molecule has 2 aromatic heterocycles. The number of halogens is 3. The predicted octanol–water partition coefficient (Wildman–Crippen LogP) is 4.86. The minimum Gasteiger partial charge on any atom is -0.454 e. The Labute approximate surface area is 244 Å². The second-order valence-electron chi connectivity index (χ2n) is 9.74. The molecule has 1 aliphatic rings. The van der Waals surface area contributed by atoms with Gasteiger partial charge in [-0.2, -0.15) is 13.5 Å². The quantitative estimate of drug-likeness (QED) is 0.196. The lowest BCUT2D eigenvalue weighted by Gasteiger charge is -2.16. The number of benzene rings is 2. The molecule has 1 fully saturated rings. The summed E-state index contributed by atoms with van der Waals surface area (Å²) in [5.74, 6) is -3.88. The molecule has 2 aromatic carbocycles. The number of hydrogen-bond acceptors (Lipinski definition) is 7. The maximum absolute atomic E-state index is 14.9. The van der Waals surface area contributed by atoms with Crippen LogP contribution in [-0.4, -0.2) is 45.8 Å². The van der Waals surface area contributed by atoms with E-state index < -0.39 is 56.2 Å². The molecule has 3 N–H and O–H groups in total. The van der Waals surface area contributed by atoms with Crippen LogP contribution in [0.25, 0.3) is 11.3 Å². The second kappa shape index (κ2) is 12.2. The van der Waals surface area contributed by atoms with Crippen LogP contribution < -0.4 is 15.4 Å². The molecular weight excluding hydrogens is 591 g/mol. The Kier molecular flexibility index (Phi) is 8.87. The molecule has 4 aromatic rings. The first-order valence-corrected chi connectivity index (χ1v) is 14.4. The minimum absolute atomic E-state index is 0.225. The highest BCUT2D eigenvalue weighted by atomic mass is 32.2. The summed E-state index contributed by atoms with van der Waals surface area (Å²) < 4.78 is 76.0. The van der Waals surface area contributed by atoms with Crippen molar-refractivity contribution in [3.8, 4) is 22.8 Å². The summed E-state index contributed by atoms with van der Waals surface area (Å²) in [5, 5.41) is 9.04. The molecule has 0 aliphatic heterocycles. The number of aryl methyl sites for hydroxylation is 1. The van der Waals surface area contributed by atoms with Gasteiger partial charge in [0.05, 0.1) is 23.8 Å². The van der Waals surface area contributed by atoms with Gasteiger partial charge in [-0.05, 0) is 50.1 Å². The summed E-state index contributed by atoms with van der Waals surface area (Å²) in [4.78, 5) is 29.9. The van der Waals surface area contributed by atoms with Gasteiger partial charge in [-0.3, -0.25) is 23.8 Å². The highest BCUT2D eigenvalue weighted by Gasteiger charge is 2.56. The maximum atomic E-state index is 14.9. The van der Waals surface area contributed by atoms with Crippen molar-refractivity contribution < 1.29 is 40.5 Å². The van der Waals surface area contributed by atoms with Gasteiger partial charge in [-0.25, -0.2) is 13.2 Å². The zero-order chi connectivity index (χ0) is 31.5.